The summed E-state index contributed by atoms with van der Waals surface area (Å²) >= 11 is 0. The molecule has 1 aliphatic heterocycles. The van der Waals surface area contributed by atoms with Crippen molar-refractivity contribution in [1.82, 2.24) is 5.32 Å². The molecule has 2 rings (SSSR count). The molecule has 32 heavy (non-hydrogen) atoms. The summed E-state index contributed by atoms with van der Waals surface area (Å²) in [5.74, 6) is -1.06. The summed E-state index contributed by atoms with van der Waals surface area (Å²) in [5, 5.41) is 2.57. The fraction of sp³-hybridized carbons (Fsp3) is 0.652. The molecule has 1 amide bonds. The minimum absolute atomic E-state index is 0.00654. The van der Waals surface area contributed by atoms with Crippen LogP contribution in [0.3, 0.4) is 0 Å². The Morgan fingerprint density at radius 3 is 2.31 bits per heavy atom. The Bertz CT molecular complexity index is 770. The smallest absolute Gasteiger partial charge is 0.303 e. The molecular formula is C23H36FNO6Si. The van der Waals surface area contributed by atoms with Crippen LogP contribution in [0.15, 0.2) is 30.3 Å². The van der Waals surface area contributed by atoms with Gasteiger partial charge in [-0.3, -0.25) is 9.59 Å². The van der Waals surface area contributed by atoms with E-state index in [2.05, 4.69) is 39.2 Å². The number of amides is 1. The maximum Gasteiger partial charge on any atom is 0.303 e. The van der Waals surface area contributed by atoms with E-state index in [1.807, 2.05) is 30.3 Å². The van der Waals surface area contributed by atoms with E-state index in [4.69, 9.17) is 18.6 Å². The molecule has 1 fully saturated rings. The second-order valence-electron chi connectivity index (χ2n) is 9.66. The first kappa shape index (κ1) is 26.4. The van der Waals surface area contributed by atoms with Crippen molar-refractivity contribution in [2.24, 2.45) is 0 Å². The topological polar surface area (TPSA) is 83.1 Å². The summed E-state index contributed by atoms with van der Waals surface area (Å²) in [6.45, 7) is 13.1. The van der Waals surface area contributed by atoms with Crippen molar-refractivity contribution >= 4 is 20.2 Å². The molecule has 0 saturated carbocycles. The van der Waals surface area contributed by atoms with E-state index in [0.717, 1.165) is 5.56 Å². The van der Waals surface area contributed by atoms with Crippen LogP contribution in [-0.2, 0) is 34.8 Å². The first-order chi connectivity index (χ1) is 14.8. The molecule has 0 unspecified atom stereocenters. The molecule has 9 heteroatoms. The lowest BCUT2D eigenvalue weighted by Crippen LogP contribution is -2.65. The molecule has 5 atom stereocenters. The summed E-state index contributed by atoms with van der Waals surface area (Å²) in [4.78, 5) is 23.5. The van der Waals surface area contributed by atoms with Crippen molar-refractivity contribution in [2.75, 3.05) is 6.61 Å². The third-order valence-electron chi connectivity index (χ3n) is 5.97. The first-order valence-corrected chi connectivity index (χ1v) is 13.8. The Morgan fingerprint density at radius 2 is 1.78 bits per heavy atom. The van der Waals surface area contributed by atoms with Crippen LogP contribution in [0.25, 0.3) is 0 Å². The zero-order valence-corrected chi connectivity index (χ0v) is 21.0. The zero-order chi connectivity index (χ0) is 24.1. The zero-order valence-electron chi connectivity index (χ0n) is 20.0. The fourth-order valence-electron chi connectivity index (χ4n) is 3.15. The summed E-state index contributed by atoms with van der Waals surface area (Å²) in [6, 6.07) is 8.41. The summed E-state index contributed by atoms with van der Waals surface area (Å²) in [5.41, 5.74) is 0.887. The maximum atomic E-state index is 15.5. The van der Waals surface area contributed by atoms with Crippen molar-refractivity contribution in [3.8, 4) is 0 Å². The van der Waals surface area contributed by atoms with E-state index < -0.39 is 50.9 Å². The molecular weight excluding hydrogens is 433 g/mol. The summed E-state index contributed by atoms with van der Waals surface area (Å²) < 4.78 is 38.9. The Balaban J connectivity index is 2.25. The van der Waals surface area contributed by atoms with Gasteiger partial charge < -0.3 is 24.0 Å². The van der Waals surface area contributed by atoms with E-state index in [-0.39, 0.29) is 18.3 Å². The van der Waals surface area contributed by atoms with Crippen LogP contribution in [0.4, 0.5) is 4.39 Å². The second kappa shape index (κ2) is 10.9. The lowest BCUT2D eigenvalue weighted by Gasteiger charge is -2.44. The van der Waals surface area contributed by atoms with Gasteiger partial charge in [-0.05, 0) is 23.7 Å². The lowest BCUT2D eigenvalue weighted by atomic mass is 9.97. The number of esters is 1. The molecule has 1 N–H and O–H groups in total. The van der Waals surface area contributed by atoms with E-state index in [9.17, 15) is 9.59 Å². The predicted octanol–water partition coefficient (Wildman–Crippen LogP) is 3.72. The first-order valence-electron chi connectivity index (χ1n) is 10.8. The van der Waals surface area contributed by atoms with Gasteiger partial charge in [0, 0.05) is 13.8 Å². The molecule has 1 saturated heterocycles. The van der Waals surface area contributed by atoms with Crippen molar-refractivity contribution in [2.45, 2.75) is 90.1 Å². The van der Waals surface area contributed by atoms with Gasteiger partial charge in [0.1, 0.15) is 12.1 Å². The van der Waals surface area contributed by atoms with Gasteiger partial charge in [-0.2, -0.15) is 0 Å². The van der Waals surface area contributed by atoms with E-state index in [0.29, 0.717) is 0 Å². The number of rotatable bonds is 8. The number of carbonyl (C=O) groups excluding carboxylic acids is 2. The highest BCUT2D eigenvalue weighted by molar-refractivity contribution is 6.74. The van der Waals surface area contributed by atoms with Gasteiger partial charge in [-0.25, -0.2) is 4.39 Å². The minimum Gasteiger partial charge on any atom is -0.457 e. The van der Waals surface area contributed by atoms with Crippen LogP contribution in [0.2, 0.25) is 18.1 Å². The fourth-order valence-corrected chi connectivity index (χ4v) is 4.16. The minimum atomic E-state index is -2.17. The Morgan fingerprint density at radius 1 is 1.16 bits per heavy atom. The number of halogens is 1. The number of hydrogen-bond acceptors (Lipinski definition) is 6. The number of hydrogen-bond donors (Lipinski definition) is 1. The number of benzene rings is 1. The monoisotopic (exact) mass is 469 g/mol. The SMILES string of the molecule is CC(=O)N[C@H]1[C@@H](OCc2ccccc2)O[C@H](CO[Si](C)(C)C(C)(C)C)[C@@H](F)[C@@H]1OC(C)=O. The van der Waals surface area contributed by atoms with Gasteiger partial charge in [-0.15, -0.1) is 0 Å². The third kappa shape index (κ3) is 7.10. The maximum absolute atomic E-state index is 15.5. The van der Waals surface area contributed by atoms with Crippen molar-refractivity contribution in [3.63, 3.8) is 0 Å². The van der Waals surface area contributed by atoms with Gasteiger partial charge in [0.25, 0.3) is 0 Å². The largest absolute Gasteiger partial charge is 0.457 e. The van der Waals surface area contributed by atoms with Crippen molar-refractivity contribution < 1.29 is 32.6 Å². The van der Waals surface area contributed by atoms with Crippen LogP contribution in [0.5, 0.6) is 0 Å². The highest BCUT2D eigenvalue weighted by Crippen LogP contribution is 2.37. The van der Waals surface area contributed by atoms with Gasteiger partial charge >= 0.3 is 5.97 Å². The van der Waals surface area contributed by atoms with Gasteiger partial charge in [0.2, 0.25) is 5.91 Å². The average Bonchev–Trinajstić information content (AvgIpc) is 2.68. The van der Waals surface area contributed by atoms with Gasteiger partial charge in [-0.1, -0.05) is 51.1 Å². The van der Waals surface area contributed by atoms with Crippen LogP contribution >= 0.6 is 0 Å². The lowest BCUT2D eigenvalue weighted by molar-refractivity contribution is -0.264. The molecule has 0 aliphatic carbocycles. The molecule has 7 nitrogen and oxygen atoms in total. The summed E-state index contributed by atoms with van der Waals surface area (Å²) in [6.07, 6.45) is -5.00. The van der Waals surface area contributed by atoms with Crippen LogP contribution < -0.4 is 5.32 Å². The van der Waals surface area contributed by atoms with Crippen LogP contribution in [0, 0.1) is 0 Å². The normalized spacial score (nSPS) is 26.4. The number of ether oxygens (including phenoxy) is 3. The van der Waals surface area contributed by atoms with Crippen molar-refractivity contribution in [1.29, 1.82) is 0 Å². The molecule has 1 aromatic carbocycles. The van der Waals surface area contributed by atoms with Gasteiger partial charge in [0.05, 0.1) is 13.2 Å². The Hall–Kier alpha value is -1.81. The quantitative estimate of drug-likeness (QED) is 0.462. The molecule has 180 valence electrons. The summed E-state index contributed by atoms with van der Waals surface area (Å²) in [7, 11) is -2.17. The molecule has 0 aromatic heterocycles. The standard InChI is InChI=1S/C23H36FNO6Si/c1-15(26)25-20-21(30-16(2)27)19(24)18(14-29-32(6,7)23(3,4)5)31-22(20)28-13-17-11-9-8-10-12-17/h8-12,18-22H,13-14H2,1-7H3,(H,25,26)/t18-,19-,20-,21+,22+/m1/s1. The average molecular weight is 470 g/mol. The number of nitrogens with one attached hydrogen (secondary N) is 1. The predicted molar refractivity (Wildman–Crippen MR) is 121 cm³/mol. The molecule has 0 radical (unpaired) electrons. The number of carbonyl (C=O) groups is 2. The molecule has 1 heterocycles. The van der Waals surface area contributed by atoms with Crippen molar-refractivity contribution in [3.05, 3.63) is 35.9 Å². The Labute approximate surface area is 191 Å². The molecule has 0 bridgehead atoms. The third-order valence-corrected chi connectivity index (χ3v) is 10.5. The molecule has 0 spiro atoms. The Kier molecular flexibility index (Phi) is 8.98. The molecule has 1 aromatic rings. The van der Waals surface area contributed by atoms with E-state index >= 15 is 4.39 Å². The molecule has 1 aliphatic rings. The van der Waals surface area contributed by atoms with E-state index in [1.165, 1.54) is 13.8 Å². The second-order valence-corrected chi connectivity index (χ2v) is 14.5. The van der Waals surface area contributed by atoms with E-state index in [1.54, 1.807) is 0 Å². The van der Waals surface area contributed by atoms with Crippen LogP contribution in [0.1, 0.15) is 40.2 Å². The van der Waals surface area contributed by atoms with Gasteiger partial charge in [0.15, 0.2) is 26.9 Å². The van der Waals surface area contributed by atoms with Crippen LogP contribution in [-0.4, -0.2) is 57.5 Å². The highest BCUT2D eigenvalue weighted by atomic mass is 28.4. The highest BCUT2D eigenvalue weighted by Gasteiger charge is 2.50. The number of alkyl halides is 1.